The van der Waals surface area contributed by atoms with Crippen LogP contribution in [0.3, 0.4) is 0 Å². The van der Waals surface area contributed by atoms with E-state index in [1.165, 1.54) is 16.7 Å². The molecule has 0 heterocycles. The van der Waals surface area contributed by atoms with Crippen LogP contribution in [0.2, 0.25) is 0 Å². The van der Waals surface area contributed by atoms with Crippen molar-refractivity contribution in [1.29, 1.82) is 0 Å². The van der Waals surface area contributed by atoms with E-state index in [0.717, 1.165) is 31.2 Å². The molecule has 0 spiro atoms. The Morgan fingerprint density at radius 3 is 2.62 bits per heavy atom. The average Bonchev–Trinajstić information content (AvgIpc) is 2.54. The van der Waals surface area contributed by atoms with Gasteiger partial charge in [-0.15, -0.1) is 0 Å². The number of rotatable bonds is 4. The fourth-order valence-corrected chi connectivity index (χ4v) is 3.12. The van der Waals surface area contributed by atoms with Gasteiger partial charge in [0, 0.05) is 12.7 Å². The summed E-state index contributed by atoms with van der Waals surface area (Å²) >= 11 is 0. The van der Waals surface area contributed by atoms with Crippen LogP contribution in [0.1, 0.15) is 33.5 Å². The van der Waals surface area contributed by atoms with Gasteiger partial charge in [0.15, 0.2) is 5.78 Å². The van der Waals surface area contributed by atoms with Gasteiger partial charge in [0.05, 0.1) is 0 Å². The SMILES string of the molecule is COC1CCc2c(CCc3ccccc3)cccc2C1=O. The van der Waals surface area contributed by atoms with Gasteiger partial charge >= 0.3 is 0 Å². The summed E-state index contributed by atoms with van der Waals surface area (Å²) in [6.45, 7) is 0. The third-order valence-corrected chi connectivity index (χ3v) is 4.30. The molecule has 1 atom stereocenters. The molecule has 0 saturated heterocycles. The maximum atomic E-state index is 12.3. The van der Waals surface area contributed by atoms with Crippen LogP contribution in [-0.2, 0) is 24.0 Å². The molecule has 2 nitrogen and oxygen atoms in total. The van der Waals surface area contributed by atoms with Crippen LogP contribution in [-0.4, -0.2) is 19.0 Å². The Labute approximate surface area is 125 Å². The molecule has 0 bridgehead atoms. The molecule has 1 unspecified atom stereocenters. The molecular formula is C19H20O2. The molecule has 0 radical (unpaired) electrons. The second kappa shape index (κ2) is 6.23. The first-order valence-corrected chi connectivity index (χ1v) is 7.51. The molecular weight excluding hydrogens is 260 g/mol. The minimum atomic E-state index is -0.262. The standard InChI is InChI=1S/C19H20O2/c1-21-18-13-12-16-15(8-5-9-17(16)19(18)20)11-10-14-6-3-2-4-7-14/h2-9,18H,10-13H2,1H3. The number of hydrogen-bond acceptors (Lipinski definition) is 2. The summed E-state index contributed by atoms with van der Waals surface area (Å²) in [6, 6.07) is 16.6. The Hall–Kier alpha value is -1.93. The number of ether oxygens (including phenoxy) is 1. The van der Waals surface area contributed by atoms with Crippen molar-refractivity contribution in [2.75, 3.05) is 7.11 Å². The molecule has 3 rings (SSSR count). The molecule has 2 heteroatoms. The van der Waals surface area contributed by atoms with E-state index in [2.05, 4.69) is 30.3 Å². The van der Waals surface area contributed by atoms with Crippen LogP contribution >= 0.6 is 0 Å². The van der Waals surface area contributed by atoms with Gasteiger partial charge < -0.3 is 4.74 Å². The zero-order valence-electron chi connectivity index (χ0n) is 12.3. The lowest BCUT2D eigenvalue weighted by Crippen LogP contribution is -2.29. The molecule has 2 aromatic rings. The minimum absolute atomic E-state index is 0.139. The van der Waals surface area contributed by atoms with E-state index in [0.29, 0.717) is 0 Å². The summed E-state index contributed by atoms with van der Waals surface area (Å²) in [6.07, 6.45) is 3.47. The number of aryl methyl sites for hydroxylation is 2. The van der Waals surface area contributed by atoms with Crippen molar-refractivity contribution in [1.82, 2.24) is 0 Å². The van der Waals surface area contributed by atoms with Gasteiger partial charge in [-0.25, -0.2) is 0 Å². The monoisotopic (exact) mass is 280 g/mol. The fourth-order valence-electron chi connectivity index (χ4n) is 3.12. The number of carbonyl (C=O) groups excluding carboxylic acids is 1. The van der Waals surface area contributed by atoms with Gasteiger partial charge in [0.1, 0.15) is 6.10 Å². The Balaban J connectivity index is 1.82. The van der Waals surface area contributed by atoms with Crippen LogP contribution in [0, 0.1) is 0 Å². The Morgan fingerprint density at radius 2 is 1.86 bits per heavy atom. The molecule has 2 aromatic carbocycles. The van der Waals surface area contributed by atoms with Crippen LogP contribution in [0.4, 0.5) is 0 Å². The van der Waals surface area contributed by atoms with Gasteiger partial charge in [0.2, 0.25) is 0 Å². The number of fused-ring (bicyclic) bond motifs is 1. The van der Waals surface area contributed by atoms with E-state index >= 15 is 0 Å². The lowest BCUT2D eigenvalue weighted by atomic mass is 9.84. The molecule has 108 valence electrons. The van der Waals surface area contributed by atoms with Crippen LogP contribution < -0.4 is 0 Å². The first-order chi connectivity index (χ1) is 10.3. The molecule has 21 heavy (non-hydrogen) atoms. The molecule has 0 amide bonds. The summed E-state index contributed by atoms with van der Waals surface area (Å²) in [5.41, 5.74) is 4.73. The number of hydrogen-bond donors (Lipinski definition) is 0. The topological polar surface area (TPSA) is 26.3 Å². The molecule has 0 N–H and O–H groups in total. The largest absolute Gasteiger partial charge is 0.373 e. The van der Waals surface area contributed by atoms with Crippen molar-refractivity contribution in [3.05, 3.63) is 70.8 Å². The Bertz CT molecular complexity index is 631. The van der Waals surface area contributed by atoms with Gasteiger partial charge in [0.25, 0.3) is 0 Å². The first kappa shape index (κ1) is 14.0. The zero-order chi connectivity index (χ0) is 14.7. The average molecular weight is 280 g/mol. The maximum absolute atomic E-state index is 12.3. The van der Waals surface area contributed by atoms with Crippen LogP contribution in [0.15, 0.2) is 48.5 Å². The van der Waals surface area contributed by atoms with Gasteiger partial charge in [-0.1, -0.05) is 48.5 Å². The van der Waals surface area contributed by atoms with E-state index in [-0.39, 0.29) is 11.9 Å². The molecule has 1 aliphatic carbocycles. The van der Waals surface area contributed by atoms with Gasteiger partial charge in [-0.05, 0) is 42.4 Å². The normalized spacial score (nSPS) is 17.6. The second-order valence-corrected chi connectivity index (χ2v) is 5.56. The van der Waals surface area contributed by atoms with Crippen molar-refractivity contribution in [3.8, 4) is 0 Å². The molecule has 0 aliphatic heterocycles. The maximum Gasteiger partial charge on any atom is 0.191 e. The number of methoxy groups -OCH3 is 1. The van der Waals surface area contributed by atoms with E-state index in [9.17, 15) is 4.79 Å². The smallest absolute Gasteiger partial charge is 0.191 e. The van der Waals surface area contributed by atoms with Crippen LogP contribution in [0.25, 0.3) is 0 Å². The van der Waals surface area contributed by atoms with Crippen molar-refractivity contribution in [3.63, 3.8) is 0 Å². The number of carbonyl (C=O) groups is 1. The second-order valence-electron chi connectivity index (χ2n) is 5.56. The van der Waals surface area contributed by atoms with Crippen molar-refractivity contribution in [2.24, 2.45) is 0 Å². The first-order valence-electron chi connectivity index (χ1n) is 7.51. The van der Waals surface area contributed by atoms with E-state index < -0.39 is 0 Å². The third-order valence-electron chi connectivity index (χ3n) is 4.30. The predicted molar refractivity (Wildman–Crippen MR) is 83.7 cm³/mol. The van der Waals surface area contributed by atoms with Gasteiger partial charge in [-0.3, -0.25) is 4.79 Å². The summed E-state index contributed by atoms with van der Waals surface area (Å²) in [7, 11) is 1.62. The highest BCUT2D eigenvalue weighted by Crippen LogP contribution is 2.27. The van der Waals surface area contributed by atoms with E-state index in [4.69, 9.17) is 4.74 Å². The Kier molecular flexibility index (Phi) is 4.16. The quantitative estimate of drug-likeness (QED) is 0.855. The van der Waals surface area contributed by atoms with Crippen molar-refractivity contribution >= 4 is 5.78 Å². The highest BCUT2D eigenvalue weighted by atomic mass is 16.5. The molecule has 1 aliphatic rings. The summed E-state index contributed by atoms with van der Waals surface area (Å²) in [5.74, 6) is 0.139. The minimum Gasteiger partial charge on any atom is -0.373 e. The lowest BCUT2D eigenvalue weighted by molar-refractivity contribution is 0.0559. The highest BCUT2D eigenvalue weighted by molar-refractivity contribution is 6.02. The summed E-state index contributed by atoms with van der Waals surface area (Å²) in [4.78, 5) is 12.3. The molecule has 0 saturated carbocycles. The number of Topliss-reactive ketones (excluding diaryl/α,β-unsaturated/α-hetero) is 1. The molecule has 0 aromatic heterocycles. The fraction of sp³-hybridized carbons (Fsp3) is 0.316. The summed E-state index contributed by atoms with van der Waals surface area (Å²) < 4.78 is 5.28. The van der Waals surface area contributed by atoms with Crippen LogP contribution in [0.5, 0.6) is 0 Å². The number of ketones is 1. The van der Waals surface area contributed by atoms with E-state index in [1.54, 1.807) is 7.11 Å². The Morgan fingerprint density at radius 1 is 1.05 bits per heavy atom. The lowest BCUT2D eigenvalue weighted by Gasteiger charge is -2.24. The van der Waals surface area contributed by atoms with E-state index in [1.807, 2.05) is 18.2 Å². The molecule has 0 fully saturated rings. The van der Waals surface area contributed by atoms with Crippen molar-refractivity contribution in [2.45, 2.75) is 31.8 Å². The summed E-state index contributed by atoms with van der Waals surface area (Å²) in [5, 5.41) is 0. The predicted octanol–water partition coefficient (Wildman–Crippen LogP) is 3.62. The highest BCUT2D eigenvalue weighted by Gasteiger charge is 2.28. The van der Waals surface area contributed by atoms with Gasteiger partial charge in [-0.2, -0.15) is 0 Å². The number of benzene rings is 2. The zero-order valence-corrected chi connectivity index (χ0v) is 12.3. The van der Waals surface area contributed by atoms with Crippen molar-refractivity contribution < 1.29 is 9.53 Å². The third kappa shape index (κ3) is 2.91.